The lowest BCUT2D eigenvalue weighted by molar-refractivity contribution is -0.147. The smallest absolute Gasteiger partial charge is 0.333 e. The number of carbonyl (C=O) groups is 1. The number of rotatable bonds is 3. The molecule has 0 radical (unpaired) electrons. The number of carbonyl (C=O) groups excluding carboxylic acids is 1. The minimum absolute atomic E-state index is 0.122. The van der Waals surface area contributed by atoms with E-state index in [0.717, 1.165) is 37.2 Å². The lowest BCUT2D eigenvalue weighted by Crippen LogP contribution is -2.31. The minimum atomic E-state index is -0.124. The largest absolute Gasteiger partial charge is 0.459 e. The zero-order valence-corrected chi connectivity index (χ0v) is 14.1. The highest BCUT2D eigenvalue weighted by molar-refractivity contribution is 5.88. The highest BCUT2D eigenvalue weighted by Crippen LogP contribution is 2.39. The molecular formula is C19H32O2. The summed E-state index contributed by atoms with van der Waals surface area (Å²) in [6.07, 6.45) is 10.5. The van der Waals surface area contributed by atoms with E-state index in [9.17, 15) is 4.79 Å². The number of hydrogen-bond acceptors (Lipinski definition) is 2. The van der Waals surface area contributed by atoms with Crippen LogP contribution in [0.3, 0.4) is 0 Å². The van der Waals surface area contributed by atoms with E-state index in [-0.39, 0.29) is 12.1 Å². The molecule has 0 N–H and O–H groups in total. The molecule has 0 aromatic rings. The molecule has 2 aliphatic carbocycles. The van der Waals surface area contributed by atoms with Gasteiger partial charge in [0, 0.05) is 5.57 Å². The molecule has 2 aliphatic rings. The molecule has 0 heterocycles. The van der Waals surface area contributed by atoms with Gasteiger partial charge >= 0.3 is 5.97 Å². The van der Waals surface area contributed by atoms with Crippen LogP contribution in [0.15, 0.2) is 12.2 Å². The summed E-state index contributed by atoms with van der Waals surface area (Å²) in [7, 11) is 0. The van der Waals surface area contributed by atoms with Crippen molar-refractivity contribution in [3.8, 4) is 0 Å². The summed E-state index contributed by atoms with van der Waals surface area (Å²) in [6.45, 7) is 11.0. The van der Waals surface area contributed by atoms with Crippen LogP contribution in [0.5, 0.6) is 0 Å². The van der Waals surface area contributed by atoms with Gasteiger partial charge in [0.25, 0.3) is 0 Å². The third kappa shape index (κ3) is 4.59. The van der Waals surface area contributed by atoms with Crippen LogP contribution in [0.1, 0.15) is 78.6 Å². The molecule has 0 unspecified atom stereocenters. The molecule has 2 nitrogen and oxygen atoms in total. The zero-order valence-electron chi connectivity index (χ0n) is 14.1. The molecule has 2 rings (SSSR count). The Morgan fingerprint density at radius 3 is 2.05 bits per heavy atom. The Bertz CT molecular complexity index is 364. The van der Waals surface area contributed by atoms with Crippen LogP contribution in [0, 0.1) is 17.3 Å². The van der Waals surface area contributed by atoms with Crippen molar-refractivity contribution in [2.45, 2.75) is 84.7 Å². The predicted molar refractivity (Wildman–Crippen MR) is 87.0 cm³/mol. The molecule has 0 atom stereocenters. The average molecular weight is 292 g/mol. The fourth-order valence-corrected chi connectivity index (χ4v) is 3.89. The Morgan fingerprint density at radius 1 is 0.952 bits per heavy atom. The van der Waals surface area contributed by atoms with Crippen LogP contribution in [-0.4, -0.2) is 12.1 Å². The summed E-state index contributed by atoms with van der Waals surface area (Å²) in [5, 5.41) is 0. The Kier molecular flexibility index (Phi) is 5.51. The number of hydrogen-bond donors (Lipinski definition) is 0. The summed E-state index contributed by atoms with van der Waals surface area (Å²) in [5.74, 6) is 1.01. The molecule has 21 heavy (non-hydrogen) atoms. The second-order valence-electron chi connectivity index (χ2n) is 8.11. The van der Waals surface area contributed by atoms with Gasteiger partial charge in [-0.05, 0) is 55.8 Å². The molecule has 0 bridgehead atoms. The van der Waals surface area contributed by atoms with Gasteiger partial charge in [0.15, 0.2) is 0 Å². The monoisotopic (exact) mass is 292 g/mol. The SMILES string of the molecule is C=C(C(=O)OC1CCC(C(C)(C)C)CC1)C1CCCCC1. The van der Waals surface area contributed by atoms with E-state index in [0.29, 0.717) is 11.3 Å². The first-order valence-electron chi connectivity index (χ1n) is 8.77. The van der Waals surface area contributed by atoms with Gasteiger partial charge in [-0.15, -0.1) is 0 Å². The van der Waals surface area contributed by atoms with E-state index in [1.165, 1.54) is 32.1 Å². The lowest BCUT2D eigenvalue weighted by atomic mass is 9.72. The maximum atomic E-state index is 12.3. The molecule has 0 aromatic heterocycles. The highest BCUT2D eigenvalue weighted by Gasteiger charge is 2.32. The second-order valence-corrected chi connectivity index (χ2v) is 8.11. The first-order chi connectivity index (χ1) is 9.88. The van der Waals surface area contributed by atoms with Gasteiger partial charge in [-0.2, -0.15) is 0 Å². The van der Waals surface area contributed by atoms with Crippen LogP contribution < -0.4 is 0 Å². The van der Waals surface area contributed by atoms with Gasteiger partial charge in [-0.1, -0.05) is 46.6 Å². The molecular weight excluding hydrogens is 260 g/mol. The molecule has 0 spiro atoms. The third-order valence-electron chi connectivity index (χ3n) is 5.53. The number of esters is 1. The van der Waals surface area contributed by atoms with Crippen molar-refractivity contribution in [3.05, 3.63) is 12.2 Å². The van der Waals surface area contributed by atoms with E-state index < -0.39 is 0 Å². The molecule has 0 aliphatic heterocycles. The Morgan fingerprint density at radius 2 is 1.52 bits per heavy atom. The van der Waals surface area contributed by atoms with Gasteiger partial charge in [-0.3, -0.25) is 0 Å². The lowest BCUT2D eigenvalue weighted by Gasteiger charge is -2.36. The first-order valence-corrected chi connectivity index (χ1v) is 8.77. The van der Waals surface area contributed by atoms with Crippen LogP contribution in [0.25, 0.3) is 0 Å². The second kappa shape index (κ2) is 6.98. The van der Waals surface area contributed by atoms with E-state index >= 15 is 0 Å². The predicted octanol–water partition coefficient (Wildman–Crippen LogP) is 5.27. The van der Waals surface area contributed by atoms with Crippen LogP contribution >= 0.6 is 0 Å². The summed E-state index contributed by atoms with van der Waals surface area (Å²) in [4.78, 5) is 12.3. The van der Waals surface area contributed by atoms with E-state index in [1.54, 1.807) is 0 Å². The Balaban J connectivity index is 1.77. The normalized spacial score (nSPS) is 28.1. The van der Waals surface area contributed by atoms with Crippen molar-refractivity contribution >= 4 is 5.97 Å². The van der Waals surface area contributed by atoms with Crippen molar-refractivity contribution in [2.75, 3.05) is 0 Å². The summed E-state index contributed by atoms with van der Waals surface area (Å²) < 4.78 is 5.73. The van der Waals surface area contributed by atoms with Crippen molar-refractivity contribution in [1.29, 1.82) is 0 Å². The van der Waals surface area contributed by atoms with E-state index in [2.05, 4.69) is 27.4 Å². The molecule has 2 fully saturated rings. The fourth-order valence-electron chi connectivity index (χ4n) is 3.89. The summed E-state index contributed by atoms with van der Waals surface area (Å²) in [5.41, 5.74) is 1.10. The molecule has 2 saturated carbocycles. The van der Waals surface area contributed by atoms with Crippen molar-refractivity contribution < 1.29 is 9.53 Å². The highest BCUT2D eigenvalue weighted by atomic mass is 16.5. The standard InChI is InChI=1S/C19H32O2/c1-14(15-8-6-5-7-9-15)18(20)21-17-12-10-16(11-13-17)19(2,3)4/h15-17H,1,5-13H2,2-4H3. The Hall–Kier alpha value is -0.790. The van der Waals surface area contributed by atoms with Gasteiger partial charge in [0.1, 0.15) is 6.10 Å². The van der Waals surface area contributed by atoms with Crippen LogP contribution in [0.4, 0.5) is 0 Å². The molecule has 120 valence electrons. The minimum Gasteiger partial charge on any atom is -0.459 e. The summed E-state index contributed by atoms with van der Waals surface area (Å²) in [6, 6.07) is 0. The maximum Gasteiger partial charge on any atom is 0.333 e. The van der Waals surface area contributed by atoms with Crippen molar-refractivity contribution in [3.63, 3.8) is 0 Å². The van der Waals surface area contributed by atoms with Crippen LogP contribution in [0.2, 0.25) is 0 Å². The molecule has 0 amide bonds. The van der Waals surface area contributed by atoms with Gasteiger partial charge in [0.2, 0.25) is 0 Å². The molecule has 0 aromatic carbocycles. The molecule has 2 heteroatoms. The van der Waals surface area contributed by atoms with Crippen molar-refractivity contribution in [1.82, 2.24) is 0 Å². The van der Waals surface area contributed by atoms with Gasteiger partial charge < -0.3 is 4.74 Å². The van der Waals surface area contributed by atoms with Gasteiger partial charge in [0.05, 0.1) is 0 Å². The van der Waals surface area contributed by atoms with E-state index in [4.69, 9.17) is 4.74 Å². The zero-order chi connectivity index (χ0) is 15.5. The Labute approximate surface area is 130 Å². The van der Waals surface area contributed by atoms with Crippen LogP contribution in [-0.2, 0) is 9.53 Å². The number of ether oxygens (including phenoxy) is 1. The quantitative estimate of drug-likeness (QED) is 0.523. The molecule has 0 saturated heterocycles. The summed E-state index contributed by atoms with van der Waals surface area (Å²) >= 11 is 0. The fraction of sp³-hybridized carbons (Fsp3) is 0.842. The van der Waals surface area contributed by atoms with E-state index in [1.807, 2.05) is 0 Å². The maximum absolute atomic E-state index is 12.3. The topological polar surface area (TPSA) is 26.3 Å². The van der Waals surface area contributed by atoms with Gasteiger partial charge in [-0.25, -0.2) is 4.79 Å². The van der Waals surface area contributed by atoms with Crippen molar-refractivity contribution in [2.24, 2.45) is 17.3 Å². The average Bonchev–Trinajstić information content (AvgIpc) is 2.47. The first kappa shape index (κ1) is 16.6. The third-order valence-corrected chi connectivity index (χ3v) is 5.53.